The summed E-state index contributed by atoms with van der Waals surface area (Å²) in [6.45, 7) is 5.21. The van der Waals surface area contributed by atoms with Crippen molar-refractivity contribution in [3.05, 3.63) is 24.3 Å². The van der Waals surface area contributed by atoms with Gasteiger partial charge in [0.1, 0.15) is 17.9 Å². The molecule has 2 aliphatic heterocycles. The molecule has 0 radical (unpaired) electrons. The van der Waals surface area contributed by atoms with Gasteiger partial charge in [0.2, 0.25) is 0 Å². The largest absolute Gasteiger partial charge is 0.506 e. The zero-order valence-corrected chi connectivity index (χ0v) is 11.7. The first-order valence-corrected chi connectivity index (χ1v) is 7.12. The smallest absolute Gasteiger partial charge is 0.323 e. The van der Waals surface area contributed by atoms with E-state index in [1.807, 2.05) is 25.1 Å². The summed E-state index contributed by atoms with van der Waals surface area (Å²) in [5.74, 6) is 0.225. The monoisotopic (exact) mass is 276 g/mol. The average molecular weight is 276 g/mol. The summed E-state index contributed by atoms with van der Waals surface area (Å²) in [7, 11) is 0. The van der Waals surface area contributed by atoms with Crippen molar-refractivity contribution in [3.63, 3.8) is 0 Å². The van der Waals surface area contributed by atoms with Crippen LogP contribution in [-0.4, -0.2) is 54.3 Å². The average Bonchev–Trinajstić information content (AvgIpc) is 2.79. The van der Waals surface area contributed by atoms with Crippen molar-refractivity contribution in [3.8, 4) is 5.75 Å². The minimum absolute atomic E-state index is 0.0312. The third-order valence-corrected chi connectivity index (χ3v) is 4.12. The Morgan fingerprint density at radius 3 is 2.50 bits per heavy atom. The Morgan fingerprint density at radius 1 is 1.20 bits per heavy atom. The zero-order chi connectivity index (χ0) is 14.1. The van der Waals surface area contributed by atoms with Gasteiger partial charge in [-0.05, 0) is 19.1 Å². The van der Waals surface area contributed by atoms with Crippen LogP contribution in [0.3, 0.4) is 0 Å². The lowest BCUT2D eigenvalue weighted by atomic mass is 10.1. The third-order valence-electron chi connectivity index (χ3n) is 4.12. The van der Waals surface area contributed by atoms with E-state index in [1.54, 1.807) is 6.07 Å². The topological polar surface area (TPSA) is 53.0 Å². The van der Waals surface area contributed by atoms with Crippen LogP contribution in [-0.2, 0) is 9.53 Å². The lowest BCUT2D eigenvalue weighted by molar-refractivity contribution is -0.144. The van der Waals surface area contributed by atoms with E-state index in [4.69, 9.17) is 4.74 Å². The molecule has 0 aliphatic carbocycles. The molecule has 2 aliphatic rings. The molecule has 1 aromatic rings. The Hall–Kier alpha value is -1.75. The SMILES string of the molecule is CC1CC(N2CCN(c3ccccc3O)CC2)C(=O)O1. The molecule has 2 unspecified atom stereocenters. The van der Waals surface area contributed by atoms with Crippen molar-refractivity contribution in [2.45, 2.75) is 25.5 Å². The summed E-state index contributed by atoms with van der Waals surface area (Å²) in [4.78, 5) is 16.1. The molecule has 0 saturated carbocycles. The number of phenols is 1. The van der Waals surface area contributed by atoms with Crippen molar-refractivity contribution in [2.24, 2.45) is 0 Å². The van der Waals surface area contributed by atoms with Gasteiger partial charge < -0.3 is 14.7 Å². The summed E-state index contributed by atoms with van der Waals surface area (Å²) < 4.78 is 5.22. The number of nitrogens with zero attached hydrogens (tertiary/aromatic N) is 2. The van der Waals surface area contributed by atoms with Gasteiger partial charge in [-0.25, -0.2) is 0 Å². The van der Waals surface area contributed by atoms with E-state index in [-0.39, 0.29) is 18.1 Å². The Labute approximate surface area is 118 Å². The fraction of sp³-hybridized carbons (Fsp3) is 0.533. The summed E-state index contributed by atoms with van der Waals surface area (Å²) in [5, 5.41) is 9.89. The maximum Gasteiger partial charge on any atom is 0.323 e. The number of benzene rings is 1. The number of cyclic esters (lactones) is 1. The lowest BCUT2D eigenvalue weighted by Gasteiger charge is -2.37. The fourth-order valence-corrected chi connectivity index (χ4v) is 3.04. The lowest BCUT2D eigenvalue weighted by Crippen LogP contribution is -2.51. The molecule has 5 heteroatoms. The highest BCUT2D eigenvalue weighted by Crippen LogP contribution is 2.28. The van der Waals surface area contributed by atoms with E-state index in [9.17, 15) is 9.90 Å². The van der Waals surface area contributed by atoms with Gasteiger partial charge in [0.25, 0.3) is 0 Å². The van der Waals surface area contributed by atoms with Crippen LogP contribution in [0.2, 0.25) is 0 Å². The number of carbonyl (C=O) groups is 1. The van der Waals surface area contributed by atoms with E-state index in [0.717, 1.165) is 38.3 Å². The van der Waals surface area contributed by atoms with Crippen molar-refractivity contribution in [2.75, 3.05) is 31.1 Å². The van der Waals surface area contributed by atoms with E-state index in [1.165, 1.54) is 0 Å². The highest BCUT2D eigenvalue weighted by atomic mass is 16.6. The normalized spacial score (nSPS) is 27.6. The van der Waals surface area contributed by atoms with Crippen LogP contribution in [0.4, 0.5) is 5.69 Å². The maximum atomic E-state index is 11.8. The highest BCUT2D eigenvalue weighted by molar-refractivity contribution is 5.78. The van der Waals surface area contributed by atoms with Crippen molar-refractivity contribution in [1.82, 2.24) is 4.90 Å². The second-order valence-corrected chi connectivity index (χ2v) is 5.51. The molecule has 108 valence electrons. The number of rotatable bonds is 2. The summed E-state index contributed by atoms with van der Waals surface area (Å²) in [6.07, 6.45) is 0.818. The molecular weight excluding hydrogens is 256 g/mol. The Balaban J connectivity index is 1.63. The van der Waals surface area contributed by atoms with Gasteiger partial charge in [-0.15, -0.1) is 0 Å². The van der Waals surface area contributed by atoms with Crippen molar-refractivity contribution < 1.29 is 14.6 Å². The minimum atomic E-state index is -0.0893. The van der Waals surface area contributed by atoms with Crippen LogP contribution < -0.4 is 4.90 Å². The molecule has 0 spiro atoms. The van der Waals surface area contributed by atoms with Crippen LogP contribution in [0, 0.1) is 0 Å². The zero-order valence-electron chi connectivity index (χ0n) is 11.7. The number of esters is 1. The molecule has 3 rings (SSSR count). The quantitative estimate of drug-likeness (QED) is 0.823. The first kappa shape index (κ1) is 13.2. The Morgan fingerprint density at radius 2 is 1.90 bits per heavy atom. The first-order chi connectivity index (χ1) is 9.65. The molecule has 0 bridgehead atoms. The molecule has 0 amide bonds. The third kappa shape index (κ3) is 2.45. The molecule has 0 aromatic heterocycles. The van der Waals surface area contributed by atoms with Crippen LogP contribution in [0.15, 0.2) is 24.3 Å². The number of ether oxygens (including phenoxy) is 1. The predicted molar refractivity (Wildman–Crippen MR) is 75.9 cm³/mol. The first-order valence-electron chi connectivity index (χ1n) is 7.12. The number of aromatic hydroxyl groups is 1. The van der Waals surface area contributed by atoms with Gasteiger partial charge in [-0.2, -0.15) is 0 Å². The Bertz CT molecular complexity index is 498. The number of carbonyl (C=O) groups excluding carboxylic acids is 1. The van der Waals surface area contributed by atoms with Gasteiger partial charge in [0, 0.05) is 32.6 Å². The van der Waals surface area contributed by atoms with E-state index in [0.29, 0.717) is 5.75 Å². The molecule has 2 atom stereocenters. The summed E-state index contributed by atoms with van der Waals surface area (Å²) in [6, 6.07) is 7.30. The van der Waals surface area contributed by atoms with Crippen LogP contribution in [0.25, 0.3) is 0 Å². The molecule has 5 nitrogen and oxygen atoms in total. The fourth-order valence-electron chi connectivity index (χ4n) is 3.04. The molecule has 2 saturated heterocycles. The number of hydrogen-bond acceptors (Lipinski definition) is 5. The van der Waals surface area contributed by atoms with Gasteiger partial charge >= 0.3 is 5.97 Å². The standard InChI is InChI=1S/C15H20N2O3/c1-11-10-13(15(19)20-11)17-8-6-16(7-9-17)12-4-2-3-5-14(12)18/h2-5,11,13,18H,6-10H2,1H3. The van der Waals surface area contributed by atoms with Crippen LogP contribution >= 0.6 is 0 Å². The van der Waals surface area contributed by atoms with Crippen LogP contribution in [0.1, 0.15) is 13.3 Å². The molecule has 1 aromatic carbocycles. The molecular formula is C15H20N2O3. The number of anilines is 1. The van der Waals surface area contributed by atoms with Crippen molar-refractivity contribution in [1.29, 1.82) is 0 Å². The van der Waals surface area contributed by atoms with Gasteiger partial charge in [0.15, 0.2) is 0 Å². The predicted octanol–water partition coefficient (Wildman–Crippen LogP) is 1.22. The summed E-state index contributed by atoms with van der Waals surface area (Å²) >= 11 is 0. The second-order valence-electron chi connectivity index (χ2n) is 5.51. The van der Waals surface area contributed by atoms with E-state index in [2.05, 4.69) is 9.80 Å². The maximum absolute atomic E-state index is 11.8. The number of piperazine rings is 1. The number of hydrogen-bond donors (Lipinski definition) is 1. The van der Waals surface area contributed by atoms with E-state index >= 15 is 0 Å². The van der Waals surface area contributed by atoms with Gasteiger partial charge in [0.05, 0.1) is 5.69 Å². The minimum Gasteiger partial charge on any atom is -0.506 e. The van der Waals surface area contributed by atoms with Crippen molar-refractivity contribution >= 4 is 11.7 Å². The molecule has 2 heterocycles. The highest BCUT2D eigenvalue weighted by Gasteiger charge is 2.37. The molecule has 2 fully saturated rings. The Kier molecular flexibility index (Phi) is 3.53. The van der Waals surface area contributed by atoms with E-state index < -0.39 is 0 Å². The molecule has 20 heavy (non-hydrogen) atoms. The number of para-hydroxylation sites is 2. The van der Waals surface area contributed by atoms with Crippen LogP contribution in [0.5, 0.6) is 5.75 Å². The second kappa shape index (κ2) is 5.32. The number of phenolic OH excluding ortho intramolecular Hbond substituents is 1. The summed E-state index contributed by atoms with van der Waals surface area (Å²) in [5.41, 5.74) is 0.870. The van der Waals surface area contributed by atoms with Gasteiger partial charge in [-0.3, -0.25) is 9.69 Å². The van der Waals surface area contributed by atoms with Gasteiger partial charge in [-0.1, -0.05) is 12.1 Å². The molecule has 1 N–H and O–H groups in total.